The van der Waals surface area contributed by atoms with Crippen molar-refractivity contribution in [2.45, 2.75) is 13.8 Å². The zero-order valence-electron chi connectivity index (χ0n) is 10.7. The lowest BCUT2D eigenvalue weighted by Crippen LogP contribution is -2.32. The van der Waals surface area contributed by atoms with Crippen LogP contribution < -0.4 is 15.4 Å². The van der Waals surface area contributed by atoms with Gasteiger partial charge in [0.25, 0.3) is 0 Å². The summed E-state index contributed by atoms with van der Waals surface area (Å²) < 4.78 is 5.15. The molecule has 0 aliphatic rings. The van der Waals surface area contributed by atoms with Crippen LogP contribution in [0.15, 0.2) is 18.2 Å². The normalized spacial score (nSPS) is 10.7. The Hall–Kier alpha value is -0.930. The molecule has 0 saturated heterocycles. The maximum atomic E-state index is 6.13. The van der Waals surface area contributed by atoms with Crippen LogP contribution in [0.2, 0.25) is 5.02 Å². The van der Waals surface area contributed by atoms with Crippen LogP contribution in [0.5, 0.6) is 5.75 Å². The number of anilines is 1. The van der Waals surface area contributed by atoms with Crippen molar-refractivity contribution in [3.63, 3.8) is 0 Å². The van der Waals surface area contributed by atoms with E-state index < -0.39 is 0 Å². The summed E-state index contributed by atoms with van der Waals surface area (Å²) in [4.78, 5) is 2.25. The number of nitrogens with zero attached hydrogens (tertiary/aromatic N) is 1. The minimum Gasteiger partial charge on any atom is -0.495 e. The van der Waals surface area contributed by atoms with Gasteiger partial charge in [0.05, 0.1) is 12.1 Å². The summed E-state index contributed by atoms with van der Waals surface area (Å²) in [6.45, 7) is 6.82. The monoisotopic (exact) mass is 256 g/mol. The molecule has 0 spiro atoms. The molecule has 0 aromatic heterocycles. The van der Waals surface area contributed by atoms with Crippen LogP contribution in [-0.2, 0) is 0 Å². The molecule has 17 heavy (non-hydrogen) atoms. The van der Waals surface area contributed by atoms with Gasteiger partial charge in [-0.05, 0) is 24.1 Å². The summed E-state index contributed by atoms with van der Waals surface area (Å²) in [7, 11) is 1.62. The molecule has 0 aliphatic carbocycles. The molecule has 2 N–H and O–H groups in total. The number of ether oxygens (including phenoxy) is 1. The number of rotatable bonds is 6. The zero-order valence-corrected chi connectivity index (χ0v) is 11.5. The van der Waals surface area contributed by atoms with Gasteiger partial charge < -0.3 is 15.4 Å². The molecule has 1 aromatic rings. The Morgan fingerprint density at radius 3 is 2.59 bits per heavy atom. The Morgan fingerprint density at radius 2 is 2.12 bits per heavy atom. The predicted molar refractivity (Wildman–Crippen MR) is 74.1 cm³/mol. The van der Waals surface area contributed by atoms with Gasteiger partial charge in [0, 0.05) is 25.3 Å². The van der Waals surface area contributed by atoms with Crippen LogP contribution >= 0.6 is 11.6 Å². The maximum Gasteiger partial charge on any atom is 0.137 e. The topological polar surface area (TPSA) is 38.5 Å². The van der Waals surface area contributed by atoms with E-state index in [9.17, 15) is 0 Å². The van der Waals surface area contributed by atoms with E-state index in [0.717, 1.165) is 18.8 Å². The number of nitrogens with two attached hydrogens (primary N) is 1. The number of hydrogen-bond donors (Lipinski definition) is 1. The third-order valence-electron chi connectivity index (χ3n) is 2.49. The molecule has 4 heteroatoms. The average molecular weight is 257 g/mol. The first-order valence-corrected chi connectivity index (χ1v) is 6.24. The van der Waals surface area contributed by atoms with Gasteiger partial charge in [0.15, 0.2) is 0 Å². The molecule has 0 saturated carbocycles. The maximum absolute atomic E-state index is 6.13. The fraction of sp³-hybridized carbons (Fsp3) is 0.538. The minimum atomic E-state index is 0.586. The minimum absolute atomic E-state index is 0.586. The predicted octanol–water partition coefficient (Wildman–Crippen LogP) is 2.77. The molecule has 0 aliphatic heterocycles. The highest BCUT2D eigenvalue weighted by molar-refractivity contribution is 6.32. The van der Waals surface area contributed by atoms with Gasteiger partial charge >= 0.3 is 0 Å². The highest BCUT2D eigenvalue weighted by Gasteiger charge is 2.10. The van der Waals surface area contributed by atoms with E-state index in [1.165, 1.54) is 0 Å². The molecule has 0 unspecified atom stereocenters. The van der Waals surface area contributed by atoms with Crippen molar-refractivity contribution in [3.05, 3.63) is 23.2 Å². The number of methoxy groups -OCH3 is 1. The first-order chi connectivity index (χ1) is 8.08. The second-order valence-corrected chi connectivity index (χ2v) is 4.85. The summed E-state index contributed by atoms with van der Waals surface area (Å²) in [5.41, 5.74) is 6.73. The molecule has 96 valence electrons. The Labute approximate surface area is 109 Å². The highest BCUT2D eigenvalue weighted by atomic mass is 35.5. The lowest BCUT2D eigenvalue weighted by Gasteiger charge is -2.26. The molecule has 0 heterocycles. The fourth-order valence-electron chi connectivity index (χ4n) is 1.77. The summed E-state index contributed by atoms with van der Waals surface area (Å²) in [5, 5.41) is 0.635. The van der Waals surface area contributed by atoms with E-state index in [4.69, 9.17) is 22.1 Å². The Bertz CT molecular complexity index is 355. The van der Waals surface area contributed by atoms with Crippen molar-refractivity contribution in [1.82, 2.24) is 0 Å². The second-order valence-electron chi connectivity index (χ2n) is 4.45. The molecule has 3 nitrogen and oxygen atoms in total. The molecule has 1 rings (SSSR count). The largest absolute Gasteiger partial charge is 0.495 e. The fourth-order valence-corrected chi connectivity index (χ4v) is 2.03. The van der Waals surface area contributed by atoms with E-state index in [0.29, 0.717) is 23.2 Å². The smallest absolute Gasteiger partial charge is 0.137 e. The van der Waals surface area contributed by atoms with Crippen molar-refractivity contribution >= 4 is 17.3 Å². The number of benzene rings is 1. The van der Waals surface area contributed by atoms with Gasteiger partial charge in [-0.1, -0.05) is 25.4 Å². The van der Waals surface area contributed by atoms with Crippen LogP contribution in [0.4, 0.5) is 5.69 Å². The SMILES string of the molecule is COc1ccc(N(CCN)CC(C)C)cc1Cl. The average Bonchev–Trinajstić information content (AvgIpc) is 2.28. The summed E-state index contributed by atoms with van der Waals surface area (Å²) in [5.74, 6) is 1.29. The molecule has 1 aromatic carbocycles. The van der Waals surface area contributed by atoms with E-state index in [-0.39, 0.29) is 0 Å². The van der Waals surface area contributed by atoms with E-state index in [2.05, 4.69) is 18.7 Å². The third-order valence-corrected chi connectivity index (χ3v) is 2.78. The standard InChI is InChI=1S/C13H21ClN2O/c1-10(2)9-16(7-6-15)11-4-5-13(17-3)12(14)8-11/h4-5,8,10H,6-7,9,15H2,1-3H3. The molecular weight excluding hydrogens is 236 g/mol. The lowest BCUT2D eigenvalue weighted by atomic mass is 10.2. The van der Waals surface area contributed by atoms with Crippen LogP contribution in [-0.4, -0.2) is 26.7 Å². The molecule has 0 radical (unpaired) electrons. The summed E-state index contributed by atoms with van der Waals surface area (Å²) >= 11 is 6.13. The summed E-state index contributed by atoms with van der Waals surface area (Å²) in [6.07, 6.45) is 0. The van der Waals surface area contributed by atoms with Crippen molar-refractivity contribution in [2.24, 2.45) is 11.7 Å². The van der Waals surface area contributed by atoms with Gasteiger partial charge in [0.2, 0.25) is 0 Å². The number of halogens is 1. The van der Waals surface area contributed by atoms with Crippen molar-refractivity contribution < 1.29 is 4.74 Å². The first kappa shape index (κ1) is 14.1. The van der Waals surface area contributed by atoms with Crippen molar-refractivity contribution in [1.29, 1.82) is 0 Å². The first-order valence-electron chi connectivity index (χ1n) is 5.87. The molecular formula is C13H21ClN2O. The lowest BCUT2D eigenvalue weighted by molar-refractivity contribution is 0.415. The van der Waals surface area contributed by atoms with E-state index in [1.807, 2.05) is 18.2 Å². The quantitative estimate of drug-likeness (QED) is 0.851. The van der Waals surface area contributed by atoms with Gasteiger partial charge in [-0.3, -0.25) is 0 Å². The Morgan fingerprint density at radius 1 is 1.41 bits per heavy atom. The zero-order chi connectivity index (χ0) is 12.8. The van der Waals surface area contributed by atoms with Gasteiger partial charge in [-0.2, -0.15) is 0 Å². The van der Waals surface area contributed by atoms with Crippen LogP contribution in [0.25, 0.3) is 0 Å². The highest BCUT2D eigenvalue weighted by Crippen LogP contribution is 2.29. The Balaban J connectivity index is 2.89. The second kappa shape index (κ2) is 6.72. The molecule has 0 atom stereocenters. The van der Waals surface area contributed by atoms with Gasteiger partial charge in [-0.25, -0.2) is 0 Å². The van der Waals surface area contributed by atoms with Gasteiger partial charge in [0.1, 0.15) is 5.75 Å². The summed E-state index contributed by atoms with van der Waals surface area (Å²) in [6, 6.07) is 5.84. The third kappa shape index (κ3) is 4.10. The van der Waals surface area contributed by atoms with Gasteiger partial charge in [-0.15, -0.1) is 0 Å². The van der Waals surface area contributed by atoms with Crippen molar-refractivity contribution in [2.75, 3.05) is 31.6 Å². The Kier molecular flexibility index (Phi) is 5.59. The van der Waals surface area contributed by atoms with Crippen LogP contribution in [0.1, 0.15) is 13.8 Å². The van der Waals surface area contributed by atoms with Crippen LogP contribution in [0.3, 0.4) is 0 Å². The molecule has 0 bridgehead atoms. The molecule has 0 amide bonds. The van der Waals surface area contributed by atoms with Crippen molar-refractivity contribution in [3.8, 4) is 5.75 Å². The van der Waals surface area contributed by atoms with E-state index >= 15 is 0 Å². The number of hydrogen-bond acceptors (Lipinski definition) is 3. The van der Waals surface area contributed by atoms with Crippen LogP contribution in [0, 0.1) is 5.92 Å². The molecule has 0 fully saturated rings. The van der Waals surface area contributed by atoms with E-state index in [1.54, 1.807) is 7.11 Å².